The Bertz CT molecular complexity index is 832. The topological polar surface area (TPSA) is 43.2 Å². The summed E-state index contributed by atoms with van der Waals surface area (Å²) in [6.45, 7) is 0. The molecule has 110 valence electrons. The van der Waals surface area contributed by atoms with Crippen molar-refractivity contribution in [3.05, 3.63) is 56.2 Å². The van der Waals surface area contributed by atoms with E-state index in [2.05, 4.69) is 9.98 Å². The summed E-state index contributed by atoms with van der Waals surface area (Å²) < 4.78 is 4.04. The number of nitrogens with zero attached hydrogens (tertiary/aromatic N) is 1. The number of halogens is 2. The van der Waals surface area contributed by atoms with Crippen LogP contribution >= 0.6 is 34.5 Å². The Labute approximate surface area is 141 Å². The van der Waals surface area contributed by atoms with Crippen LogP contribution in [0.15, 0.2) is 35.7 Å². The molecule has 1 aliphatic heterocycles. The molecule has 1 aliphatic rings. The van der Waals surface area contributed by atoms with Crippen LogP contribution in [0.25, 0.3) is 5.57 Å². The lowest BCUT2D eigenvalue weighted by atomic mass is 10.1. The van der Waals surface area contributed by atoms with E-state index in [1.54, 1.807) is 42.0 Å². The number of benzene rings is 1. The van der Waals surface area contributed by atoms with Crippen LogP contribution in [0.1, 0.15) is 10.4 Å². The molecule has 1 aromatic heterocycles. The quantitative estimate of drug-likeness (QED) is 0.837. The van der Waals surface area contributed by atoms with Crippen molar-refractivity contribution in [3.8, 4) is 0 Å². The molecular formula is C16H11Cl2N2OS+. The van der Waals surface area contributed by atoms with Gasteiger partial charge >= 0.3 is 6.21 Å². The molecular weight excluding hydrogens is 339 g/mol. The van der Waals surface area contributed by atoms with E-state index < -0.39 is 0 Å². The molecule has 0 saturated heterocycles. The fraction of sp³-hybridized carbons (Fsp3) is 0.0625. The van der Waals surface area contributed by atoms with E-state index in [9.17, 15) is 4.79 Å². The second-order valence-corrected chi connectivity index (χ2v) is 6.46. The summed E-state index contributed by atoms with van der Waals surface area (Å²) in [5, 5.41) is 5.83. The Kier molecular flexibility index (Phi) is 4.46. The lowest BCUT2D eigenvalue weighted by molar-refractivity contribution is -0.115. The first kappa shape index (κ1) is 15.1. The molecule has 0 unspecified atom stereocenters. The lowest BCUT2D eigenvalue weighted by Gasteiger charge is -2.05. The van der Waals surface area contributed by atoms with Gasteiger partial charge in [-0.25, -0.2) is 0 Å². The number of allylic oxidation sites excluding steroid dienone is 2. The van der Waals surface area contributed by atoms with Gasteiger partial charge in [0.05, 0.1) is 17.7 Å². The SMILES string of the molecule is O=C(Cc1ccc(Cl)cc1Cl)Nc1csc(C2=CC=[N+]=C2)c1. The maximum atomic E-state index is 12.1. The van der Waals surface area contributed by atoms with Crippen LogP contribution in [0.2, 0.25) is 10.0 Å². The summed E-state index contributed by atoms with van der Waals surface area (Å²) in [6.07, 6.45) is 5.69. The number of anilines is 1. The molecule has 1 N–H and O–H groups in total. The third-order valence-corrected chi connectivity index (χ3v) is 4.65. The average Bonchev–Trinajstić information content (AvgIpc) is 3.12. The molecule has 2 aromatic rings. The van der Waals surface area contributed by atoms with Crippen LogP contribution in [0.3, 0.4) is 0 Å². The number of hydrogen-bond donors (Lipinski definition) is 1. The molecule has 0 atom stereocenters. The molecule has 1 amide bonds. The summed E-state index contributed by atoms with van der Waals surface area (Å²) in [6, 6.07) is 7.06. The molecule has 0 aliphatic carbocycles. The van der Waals surface area contributed by atoms with Gasteiger partial charge in [-0.05, 0) is 23.8 Å². The minimum atomic E-state index is -0.116. The van der Waals surface area contributed by atoms with Gasteiger partial charge in [-0.1, -0.05) is 29.3 Å². The minimum absolute atomic E-state index is 0.116. The largest absolute Gasteiger partial charge is 0.325 e. The third kappa shape index (κ3) is 3.49. The highest BCUT2D eigenvalue weighted by Crippen LogP contribution is 2.26. The summed E-state index contributed by atoms with van der Waals surface area (Å²) in [4.78, 5) is 13.2. The Morgan fingerprint density at radius 2 is 2.14 bits per heavy atom. The standard InChI is InChI=1S/C16H10Cl2N2OS/c17-12-2-1-10(14(18)6-12)5-16(21)20-13-7-15(22-9-13)11-3-4-19-8-11/h1-4,6-9H,5H2/p+1. The Hall–Kier alpha value is -1.84. The van der Waals surface area contributed by atoms with Gasteiger partial charge in [-0.2, -0.15) is 0 Å². The predicted octanol–water partition coefficient (Wildman–Crippen LogP) is 3.84. The zero-order valence-electron chi connectivity index (χ0n) is 11.3. The van der Waals surface area contributed by atoms with E-state index in [1.807, 2.05) is 17.5 Å². The third-order valence-electron chi connectivity index (χ3n) is 3.09. The first-order valence-corrected chi connectivity index (χ1v) is 8.15. The molecule has 0 spiro atoms. The molecule has 22 heavy (non-hydrogen) atoms. The van der Waals surface area contributed by atoms with Crippen LogP contribution in [0, 0.1) is 0 Å². The molecule has 0 bridgehead atoms. The van der Waals surface area contributed by atoms with Crippen LogP contribution in [-0.4, -0.2) is 18.3 Å². The van der Waals surface area contributed by atoms with Gasteiger partial charge in [0.15, 0.2) is 0 Å². The number of thiophene rings is 1. The second kappa shape index (κ2) is 6.51. The van der Waals surface area contributed by atoms with Gasteiger partial charge in [0, 0.05) is 26.4 Å². The van der Waals surface area contributed by atoms with Crippen LogP contribution in [0.5, 0.6) is 0 Å². The first-order valence-electron chi connectivity index (χ1n) is 6.51. The molecule has 2 heterocycles. The zero-order valence-corrected chi connectivity index (χ0v) is 13.7. The lowest BCUT2D eigenvalue weighted by Crippen LogP contribution is -2.14. The molecule has 3 rings (SSSR count). The molecule has 1 aromatic carbocycles. The highest BCUT2D eigenvalue weighted by molar-refractivity contribution is 7.12. The maximum absolute atomic E-state index is 12.1. The highest BCUT2D eigenvalue weighted by Gasteiger charge is 2.13. The van der Waals surface area contributed by atoms with Crippen molar-refractivity contribution in [2.45, 2.75) is 6.42 Å². The number of carbonyl (C=O) groups is 1. The summed E-state index contributed by atoms with van der Waals surface area (Å²) >= 11 is 13.5. The molecule has 3 nitrogen and oxygen atoms in total. The molecule has 0 fully saturated rings. The van der Waals surface area contributed by atoms with Crippen molar-refractivity contribution in [1.29, 1.82) is 0 Å². The van der Waals surface area contributed by atoms with Crippen molar-refractivity contribution < 1.29 is 4.79 Å². The van der Waals surface area contributed by atoms with Crippen LogP contribution in [0.4, 0.5) is 5.69 Å². The summed E-state index contributed by atoms with van der Waals surface area (Å²) in [5.41, 5.74) is 2.57. The second-order valence-electron chi connectivity index (χ2n) is 4.71. The Morgan fingerprint density at radius 3 is 2.86 bits per heavy atom. The van der Waals surface area contributed by atoms with Gasteiger partial charge in [0.25, 0.3) is 6.21 Å². The van der Waals surface area contributed by atoms with Gasteiger partial charge in [-0.3, -0.25) is 4.79 Å². The van der Waals surface area contributed by atoms with Crippen LogP contribution in [-0.2, 0) is 11.2 Å². The fourth-order valence-electron chi connectivity index (χ4n) is 2.03. The van der Waals surface area contributed by atoms with E-state index >= 15 is 0 Å². The molecule has 0 radical (unpaired) electrons. The molecule has 6 heteroatoms. The van der Waals surface area contributed by atoms with Crippen molar-refractivity contribution >= 4 is 64.1 Å². The number of amides is 1. The summed E-state index contributed by atoms with van der Waals surface area (Å²) in [7, 11) is 0. The average molecular weight is 350 g/mol. The van der Waals surface area contributed by atoms with E-state index in [-0.39, 0.29) is 12.3 Å². The smallest absolute Gasteiger partial charge is 0.301 e. The highest BCUT2D eigenvalue weighted by atomic mass is 35.5. The van der Waals surface area contributed by atoms with Crippen molar-refractivity contribution in [3.63, 3.8) is 0 Å². The van der Waals surface area contributed by atoms with Crippen LogP contribution < -0.4 is 9.98 Å². The van der Waals surface area contributed by atoms with Gasteiger partial charge < -0.3 is 5.32 Å². The zero-order chi connectivity index (χ0) is 15.5. The number of carbonyl (C=O) groups excluding carboxylic acids is 1. The summed E-state index contributed by atoms with van der Waals surface area (Å²) in [5.74, 6) is -0.116. The van der Waals surface area contributed by atoms with E-state index in [4.69, 9.17) is 23.2 Å². The monoisotopic (exact) mass is 349 g/mol. The molecule has 0 saturated carbocycles. The van der Waals surface area contributed by atoms with Gasteiger partial charge in [-0.15, -0.1) is 16.0 Å². The first-order chi connectivity index (χ1) is 10.6. The van der Waals surface area contributed by atoms with Gasteiger partial charge in [0.1, 0.15) is 0 Å². The Morgan fingerprint density at radius 1 is 1.27 bits per heavy atom. The number of nitrogens with one attached hydrogen (secondary N) is 1. The Balaban J connectivity index is 1.66. The van der Waals surface area contributed by atoms with Crippen molar-refractivity contribution in [2.75, 3.05) is 5.32 Å². The fourth-order valence-corrected chi connectivity index (χ4v) is 3.34. The van der Waals surface area contributed by atoms with E-state index in [0.717, 1.165) is 21.7 Å². The number of hydrogen-bond acceptors (Lipinski definition) is 2. The van der Waals surface area contributed by atoms with E-state index in [1.165, 1.54) is 0 Å². The normalized spacial score (nSPS) is 12.5. The van der Waals surface area contributed by atoms with Crippen molar-refractivity contribution in [2.24, 2.45) is 0 Å². The predicted molar refractivity (Wildman–Crippen MR) is 95.4 cm³/mol. The van der Waals surface area contributed by atoms with E-state index in [0.29, 0.717) is 10.0 Å². The van der Waals surface area contributed by atoms with Gasteiger partial charge in [0.2, 0.25) is 5.91 Å². The maximum Gasteiger partial charge on any atom is 0.301 e. The minimum Gasteiger partial charge on any atom is -0.325 e. The number of rotatable bonds is 4. The van der Waals surface area contributed by atoms with Crippen molar-refractivity contribution in [1.82, 2.24) is 4.67 Å².